The van der Waals surface area contributed by atoms with Gasteiger partial charge in [-0.3, -0.25) is 0 Å². The Bertz CT molecular complexity index is 347. The van der Waals surface area contributed by atoms with Crippen LogP contribution >= 0.6 is 0 Å². The van der Waals surface area contributed by atoms with Crippen molar-refractivity contribution in [3.8, 4) is 0 Å². The molecule has 0 heterocycles. The highest BCUT2D eigenvalue weighted by molar-refractivity contribution is 5.32. The zero-order chi connectivity index (χ0) is 11.1. The summed E-state index contributed by atoms with van der Waals surface area (Å²) in [6, 6.07) is 7.24. The molecule has 1 aliphatic carbocycles. The molecule has 0 aliphatic heterocycles. The van der Waals surface area contributed by atoms with Crippen LogP contribution in [0.25, 0.3) is 0 Å². The average Bonchev–Trinajstić information content (AvgIpc) is 2.83. The van der Waals surface area contributed by atoms with Gasteiger partial charge in [-0.15, -0.1) is 0 Å². The lowest BCUT2D eigenvalue weighted by Crippen LogP contribution is -2.19. The number of hydrogen-bond acceptors (Lipinski definition) is 1. The first-order valence-corrected chi connectivity index (χ1v) is 5.15. The molecule has 1 aromatic carbocycles. The fourth-order valence-corrected chi connectivity index (χ4v) is 1.74. The average molecular weight is 211 g/mol. The second kappa shape index (κ2) is 3.27. The van der Waals surface area contributed by atoms with E-state index < -0.39 is 5.92 Å². The summed E-state index contributed by atoms with van der Waals surface area (Å²) < 4.78 is 25.5. The topological polar surface area (TPSA) is 26.0 Å². The molecule has 1 saturated carbocycles. The van der Waals surface area contributed by atoms with E-state index in [-0.39, 0.29) is 12.0 Å². The van der Waals surface area contributed by atoms with Gasteiger partial charge in [0, 0.05) is 12.0 Å². The minimum atomic E-state index is -2.64. The van der Waals surface area contributed by atoms with E-state index in [1.54, 1.807) is 12.1 Å². The second-order valence-corrected chi connectivity index (χ2v) is 4.60. The first-order valence-electron chi connectivity index (χ1n) is 5.15. The zero-order valence-corrected chi connectivity index (χ0v) is 8.76. The molecule has 15 heavy (non-hydrogen) atoms. The largest absolute Gasteiger partial charge is 0.321 e. The van der Waals surface area contributed by atoms with E-state index in [9.17, 15) is 8.78 Å². The molecule has 0 amide bonds. The molecule has 82 valence electrons. The molecule has 2 N–H and O–H groups in total. The van der Waals surface area contributed by atoms with Crippen LogP contribution in [0.15, 0.2) is 24.3 Å². The highest BCUT2D eigenvalue weighted by Gasteiger charge is 2.39. The third-order valence-corrected chi connectivity index (χ3v) is 2.83. The van der Waals surface area contributed by atoms with Gasteiger partial charge in [0.2, 0.25) is 5.92 Å². The third-order valence-electron chi connectivity index (χ3n) is 2.83. The Morgan fingerprint density at radius 3 is 2.20 bits per heavy atom. The second-order valence-electron chi connectivity index (χ2n) is 4.60. The molecular weight excluding hydrogens is 196 g/mol. The molecule has 2 rings (SSSR count). The first-order chi connectivity index (χ1) is 6.89. The van der Waals surface area contributed by atoms with Crippen LogP contribution in [0, 0.1) is 0 Å². The van der Waals surface area contributed by atoms with E-state index in [2.05, 4.69) is 0 Å². The fraction of sp³-hybridized carbons (Fsp3) is 0.500. The van der Waals surface area contributed by atoms with Gasteiger partial charge in [0.25, 0.3) is 0 Å². The summed E-state index contributed by atoms with van der Waals surface area (Å²) in [5.41, 5.74) is 7.55. The van der Waals surface area contributed by atoms with Crippen molar-refractivity contribution in [2.24, 2.45) is 5.73 Å². The molecule has 0 atom stereocenters. The SMILES string of the molecule is CC(F)(F)Cc1ccc(C2(N)CC2)cc1. The molecule has 0 aromatic heterocycles. The maximum absolute atomic E-state index is 12.7. The summed E-state index contributed by atoms with van der Waals surface area (Å²) in [6.45, 7) is 0.937. The van der Waals surface area contributed by atoms with Crippen molar-refractivity contribution in [2.75, 3.05) is 0 Å². The van der Waals surface area contributed by atoms with Gasteiger partial charge in [0.1, 0.15) is 0 Å². The molecule has 0 bridgehead atoms. The molecule has 0 unspecified atom stereocenters. The van der Waals surface area contributed by atoms with Gasteiger partial charge in [-0.2, -0.15) is 0 Å². The van der Waals surface area contributed by atoms with Crippen molar-refractivity contribution in [2.45, 2.75) is 37.6 Å². The van der Waals surface area contributed by atoms with Gasteiger partial charge in [0.05, 0.1) is 0 Å². The van der Waals surface area contributed by atoms with Crippen LogP contribution in [0.3, 0.4) is 0 Å². The molecule has 1 fully saturated rings. The van der Waals surface area contributed by atoms with E-state index >= 15 is 0 Å². The maximum Gasteiger partial charge on any atom is 0.249 e. The van der Waals surface area contributed by atoms with Crippen molar-refractivity contribution in [1.82, 2.24) is 0 Å². The van der Waals surface area contributed by atoms with Gasteiger partial charge in [-0.25, -0.2) is 8.78 Å². The minimum Gasteiger partial charge on any atom is -0.321 e. The zero-order valence-electron chi connectivity index (χ0n) is 8.76. The van der Waals surface area contributed by atoms with Gasteiger partial charge >= 0.3 is 0 Å². The summed E-state index contributed by atoms with van der Waals surface area (Å²) in [4.78, 5) is 0. The van der Waals surface area contributed by atoms with Crippen molar-refractivity contribution in [3.63, 3.8) is 0 Å². The van der Waals surface area contributed by atoms with Gasteiger partial charge in [0.15, 0.2) is 0 Å². The van der Waals surface area contributed by atoms with Gasteiger partial charge in [-0.1, -0.05) is 24.3 Å². The van der Waals surface area contributed by atoms with Crippen LogP contribution in [0.2, 0.25) is 0 Å². The number of benzene rings is 1. The van der Waals surface area contributed by atoms with E-state index in [1.807, 2.05) is 12.1 Å². The van der Waals surface area contributed by atoms with Crippen molar-refractivity contribution in [3.05, 3.63) is 35.4 Å². The lowest BCUT2D eigenvalue weighted by molar-refractivity contribution is 0.0226. The van der Waals surface area contributed by atoms with E-state index in [0.29, 0.717) is 5.56 Å². The molecule has 1 aromatic rings. The predicted molar refractivity (Wildman–Crippen MR) is 55.9 cm³/mol. The van der Waals surface area contributed by atoms with Crippen LogP contribution < -0.4 is 5.73 Å². The van der Waals surface area contributed by atoms with Crippen LogP contribution in [0.5, 0.6) is 0 Å². The fourth-order valence-electron chi connectivity index (χ4n) is 1.74. The lowest BCUT2D eigenvalue weighted by Gasteiger charge is -2.12. The summed E-state index contributed by atoms with van der Waals surface area (Å²) in [7, 11) is 0. The Hall–Kier alpha value is -0.960. The van der Waals surface area contributed by atoms with Crippen molar-refractivity contribution in [1.29, 1.82) is 0 Å². The van der Waals surface area contributed by atoms with Crippen LogP contribution in [0.1, 0.15) is 30.9 Å². The van der Waals surface area contributed by atoms with Crippen molar-refractivity contribution >= 4 is 0 Å². The molecule has 1 aliphatic rings. The standard InChI is InChI=1S/C12H15F2N/c1-11(13,14)8-9-2-4-10(5-3-9)12(15)6-7-12/h2-5H,6-8,15H2,1H3. The molecule has 0 radical (unpaired) electrons. The minimum absolute atomic E-state index is 0.173. The van der Waals surface area contributed by atoms with Gasteiger partial charge in [-0.05, 0) is 30.9 Å². The summed E-state index contributed by atoms with van der Waals surface area (Å²) >= 11 is 0. The Morgan fingerprint density at radius 1 is 1.27 bits per heavy atom. The molecule has 3 heteroatoms. The van der Waals surface area contributed by atoms with Crippen LogP contribution in [0.4, 0.5) is 8.78 Å². The van der Waals surface area contributed by atoms with E-state index in [0.717, 1.165) is 25.3 Å². The highest BCUT2D eigenvalue weighted by atomic mass is 19.3. The van der Waals surface area contributed by atoms with E-state index in [4.69, 9.17) is 5.73 Å². The summed E-state index contributed by atoms with van der Waals surface area (Å²) in [5, 5.41) is 0. The summed E-state index contributed by atoms with van der Waals surface area (Å²) in [6.07, 6.45) is 1.79. The number of halogens is 2. The molecule has 0 spiro atoms. The Balaban J connectivity index is 2.11. The predicted octanol–water partition coefficient (Wildman–Crippen LogP) is 2.83. The quantitative estimate of drug-likeness (QED) is 0.817. The Kier molecular flexibility index (Phi) is 2.30. The van der Waals surface area contributed by atoms with E-state index in [1.165, 1.54) is 0 Å². The maximum atomic E-state index is 12.7. The highest BCUT2D eigenvalue weighted by Crippen LogP contribution is 2.42. The summed E-state index contributed by atoms with van der Waals surface area (Å²) in [5.74, 6) is -2.64. The Morgan fingerprint density at radius 2 is 1.80 bits per heavy atom. The number of rotatable bonds is 3. The monoisotopic (exact) mass is 211 g/mol. The lowest BCUT2D eigenvalue weighted by atomic mass is 10.0. The molecular formula is C12H15F2N. The third kappa shape index (κ3) is 2.53. The van der Waals surface area contributed by atoms with Crippen LogP contribution in [-0.4, -0.2) is 5.92 Å². The van der Waals surface area contributed by atoms with Crippen LogP contribution in [-0.2, 0) is 12.0 Å². The van der Waals surface area contributed by atoms with Gasteiger partial charge < -0.3 is 5.73 Å². The Labute approximate surface area is 88.3 Å². The molecule has 0 saturated heterocycles. The first kappa shape index (κ1) is 10.6. The number of nitrogens with two attached hydrogens (primary N) is 1. The normalized spacial score (nSPS) is 18.9. The number of alkyl halides is 2. The number of hydrogen-bond donors (Lipinski definition) is 1. The van der Waals surface area contributed by atoms with Crippen molar-refractivity contribution < 1.29 is 8.78 Å². The molecule has 1 nitrogen and oxygen atoms in total. The smallest absolute Gasteiger partial charge is 0.249 e.